The average Bonchev–Trinajstić information content (AvgIpc) is 3.40. The molecule has 2 aliphatic rings. The number of amides is 1. The maximum absolute atomic E-state index is 13.5. The SMILES string of the molecule is Cc1cccc2c(C3NC(C(=O)N4CCN(C)CC4)=C(c4cccnc4)S3)[nH]nc12. The highest BCUT2D eigenvalue weighted by Crippen LogP contribution is 2.46. The van der Waals surface area contributed by atoms with Crippen LogP contribution in [0.1, 0.15) is 22.2 Å². The minimum atomic E-state index is -0.113. The molecule has 5 rings (SSSR count). The maximum atomic E-state index is 13.5. The number of nitrogens with one attached hydrogen (secondary N) is 2. The predicted octanol–water partition coefficient (Wildman–Crippen LogP) is 2.74. The lowest BCUT2D eigenvalue weighted by Crippen LogP contribution is -2.48. The van der Waals surface area contributed by atoms with Crippen LogP contribution in [0.2, 0.25) is 0 Å². The summed E-state index contributed by atoms with van der Waals surface area (Å²) in [5.41, 5.74) is 4.69. The number of aromatic amines is 1. The Kier molecular flexibility index (Phi) is 4.96. The molecule has 2 aromatic heterocycles. The minimum Gasteiger partial charge on any atom is -0.363 e. The molecule has 0 aliphatic carbocycles. The molecule has 0 radical (unpaired) electrons. The molecular formula is C22H24N6OS. The Morgan fingerprint density at radius 3 is 2.77 bits per heavy atom. The third kappa shape index (κ3) is 3.36. The molecule has 2 N–H and O–H groups in total. The van der Waals surface area contributed by atoms with Crippen LogP contribution in [-0.2, 0) is 4.79 Å². The highest BCUT2D eigenvalue weighted by molar-refractivity contribution is 8.08. The van der Waals surface area contributed by atoms with Crippen molar-refractivity contribution in [3.63, 3.8) is 0 Å². The first-order valence-corrected chi connectivity index (χ1v) is 11.0. The fraction of sp³-hybridized carbons (Fsp3) is 0.318. The van der Waals surface area contributed by atoms with Gasteiger partial charge in [-0.25, -0.2) is 0 Å². The van der Waals surface area contributed by atoms with Gasteiger partial charge in [0.25, 0.3) is 5.91 Å². The molecule has 7 nitrogen and oxygen atoms in total. The van der Waals surface area contributed by atoms with E-state index in [1.807, 2.05) is 29.3 Å². The fourth-order valence-electron chi connectivity index (χ4n) is 3.97. The van der Waals surface area contributed by atoms with E-state index in [1.54, 1.807) is 18.0 Å². The lowest BCUT2D eigenvalue weighted by molar-refractivity contribution is -0.129. The zero-order valence-corrected chi connectivity index (χ0v) is 17.9. The Morgan fingerprint density at radius 2 is 2.00 bits per heavy atom. The van der Waals surface area contributed by atoms with Gasteiger partial charge >= 0.3 is 0 Å². The van der Waals surface area contributed by atoms with Crippen molar-refractivity contribution in [2.45, 2.75) is 12.3 Å². The highest BCUT2D eigenvalue weighted by Gasteiger charge is 2.35. The Labute approximate surface area is 179 Å². The van der Waals surface area contributed by atoms with Crippen LogP contribution in [0.4, 0.5) is 0 Å². The lowest BCUT2D eigenvalue weighted by Gasteiger charge is -2.32. The van der Waals surface area contributed by atoms with E-state index in [1.165, 1.54) is 0 Å². The second kappa shape index (κ2) is 7.77. The van der Waals surface area contributed by atoms with Crippen LogP contribution >= 0.6 is 11.8 Å². The molecule has 0 spiro atoms. The van der Waals surface area contributed by atoms with Crippen molar-refractivity contribution >= 4 is 33.5 Å². The van der Waals surface area contributed by atoms with Crippen LogP contribution in [0.15, 0.2) is 48.4 Å². The van der Waals surface area contributed by atoms with Crippen molar-refractivity contribution in [2.24, 2.45) is 0 Å². The number of aryl methyl sites for hydroxylation is 1. The van der Waals surface area contributed by atoms with Crippen LogP contribution < -0.4 is 5.32 Å². The number of aromatic nitrogens is 3. The van der Waals surface area contributed by atoms with E-state index in [0.717, 1.165) is 58.8 Å². The van der Waals surface area contributed by atoms with Gasteiger partial charge in [-0.2, -0.15) is 5.10 Å². The largest absolute Gasteiger partial charge is 0.363 e. The lowest BCUT2D eigenvalue weighted by atomic mass is 10.1. The van der Waals surface area contributed by atoms with E-state index in [4.69, 9.17) is 0 Å². The van der Waals surface area contributed by atoms with Gasteiger partial charge < -0.3 is 15.1 Å². The van der Waals surface area contributed by atoms with Gasteiger partial charge in [0.05, 0.1) is 11.2 Å². The Morgan fingerprint density at radius 1 is 1.17 bits per heavy atom. The number of piperazine rings is 1. The summed E-state index contributed by atoms with van der Waals surface area (Å²) in [4.78, 5) is 22.8. The molecule has 4 heterocycles. The number of para-hydroxylation sites is 1. The number of likely N-dealkylation sites (N-methyl/N-ethyl adjacent to an activating group) is 1. The number of benzene rings is 1. The third-order valence-corrected chi connectivity index (χ3v) is 7.01. The molecule has 0 saturated carbocycles. The quantitative estimate of drug-likeness (QED) is 0.679. The van der Waals surface area contributed by atoms with Crippen LogP contribution in [0.25, 0.3) is 15.8 Å². The van der Waals surface area contributed by atoms with Crippen LogP contribution in [-0.4, -0.2) is 64.1 Å². The smallest absolute Gasteiger partial charge is 0.271 e. The van der Waals surface area contributed by atoms with E-state index in [-0.39, 0.29) is 11.3 Å². The van der Waals surface area contributed by atoms with Crippen LogP contribution in [0, 0.1) is 6.92 Å². The number of rotatable bonds is 3. The summed E-state index contributed by atoms with van der Waals surface area (Å²) in [7, 11) is 2.09. The predicted molar refractivity (Wildman–Crippen MR) is 120 cm³/mol. The topological polar surface area (TPSA) is 77.2 Å². The molecule has 1 amide bonds. The van der Waals surface area contributed by atoms with Gasteiger partial charge in [-0.1, -0.05) is 36.0 Å². The molecular weight excluding hydrogens is 396 g/mol. The van der Waals surface area contributed by atoms with Crippen LogP contribution in [0.3, 0.4) is 0 Å². The summed E-state index contributed by atoms with van der Waals surface area (Å²) >= 11 is 1.64. The van der Waals surface area contributed by atoms with E-state index in [0.29, 0.717) is 5.70 Å². The number of carbonyl (C=O) groups is 1. The number of hydrogen-bond donors (Lipinski definition) is 2. The summed E-state index contributed by atoms with van der Waals surface area (Å²) in [6.07, 6.45) is 3.57. The van der Waals surface area contributed by atoms with Gasteiger partial charge in [-0.3, -0.25) is 14.9 Å². The van der Waals surface area contributed by atoms with Gasteiger partial charge in [-0.05, 0) is 25.6 Å². The molecule has 0 bridgehead atoms. The molecule has 8 heteroatoms. The third-order valence-electron chi connectivity index (χ3n) is 5.74. The number of thioether (sulfide) groups is 1. The molecule has 30 heavy (non-hydrogen) atoms. The average molecular weight is 421 g/mol. The molecule has 3 aromatic rings. The molecule has 1 aromatic carbocycles. The standard InChI is InChI=1S/C22H24N6OS/c1-14-5-3-7-16-17(14)25-26-18(16)21-24-19(20(30-21)15-6-4-8-23-13-15)22(29)28-11-9-27(2)10-12-28/h3-8,13,21,24H,9-12H2,1-2H3,(H,25,26). The van der Waals surface area contributed by atoms with Crippen molar-refractivity contribution in [2.75, 3.05) is 33.2 Å². The second-order valence-corrected chi connectivity index (χ2v) is 8.91. The monoisotopic (exact) mass is 420 g/mol. The summed E-state index contributed by atoms with van der Waals surface area (Å²) in [6.45, 7) is 5.32. The maximum Gasteiger partial charge on any atom is 0.271 e. The fourth-order valence-corrected chi connectivity index (χ4v) is 5.20. The Balaban J connectivity index is 1.50. The number of nitrogens with zero attached hydrogens (tertiary/aromatic N) is 4. The van der Waals surface area contributed by atoms with Gasteiger partial charge in [0, 0.05) is 54.4 Å². The van der Waals surface area contributed by atoms with E-state index in [2.05, 4.69) is 51.5 Å². The number of pyridine rings is 1. The molecule has 2 aliphatic heterocycles. The number of fused-ring (bicyclic) bond motifs is 1. The number of carbonyl (C=O) groups excluding carboxylic acids is 1. The summed E-state index contributed by atoms with van der Waals surface area (Å²) in [5, 5.41) is 12.2. The van der Waals surface area contributed by atoms with E-state index < -0.39 is 0 Å². The second-order valence-electron chi connectivity index (χ2n) is 7.79. The molecule has 1 atom stereocenters. The first-order chi connectivity index (χ1) is 14.6. The first kappa shape index (κ1) is 19.1. The van der Waals surface area contributed by atoms with E-state index in [9.17, 15) is 4.79 Å². The van der Waals surface area contributed by atoms with Crippen molar-refractivity contribution in [1.82, 2.24) is 30.3 Å². The Bertz CT molecular complexity index is 1120. The summed E-state index contributed by atoms with van der Waals surface area (Å²) in [5.74, 6) is 0.0527. The van der Waals surface area contributed by atoms with E-state index >= 15 is 0 Å². The van der Waals surface area contributed by atoms with Gasteiger partial charge in [0.2, 0.25) is 0 Å². The van der Waals surface area contributed by atoms with Crippen LogP contribution in [0.5, 0.6) is 0 Å². The highest BCUT2D eigenvalue weighted by atomic mass is 32.2. The molecule has 1 fully saturated rings. The minimum absolute atomic E-state index is 0.0527. The molecule has 154 valence electrons. The summed E-state index contributed by atoms with van der Waals surface area (Å²) < 4.78 is 0. The normalized spacial score (nSPS) is 20.1. The van der Waals surface area contributed by atoms with Crippen molar-refractivity contribution in [3.8, 4) is 0 Å². The zero-order chi connectivity index (χ0) is 20.7. The molecule has 1 unspecified atom stereocenters. The van der Waals surface area contributed by atoms with Gasteiger partial charge in [-0.15, -0.1) is 0 Å². The van der Waals surface area contributed by atoms with Crippen molar-refractivity contribution < 1.29 is 4.79 Å². The van der Waals surface area contributed by atoms with Gasteiger partial charge in [0.1, 0.15) is 11.1 Å². The zero-order valence-electron chi connectivity index (χ0n) is 17.1. The number of hydrogen-bond acceptors (Lipinski definition) is 6. The van der Waals surface area contributed by atoms with Crippen molar-refractivity contribution in [1.29, 1.82) is 0 Å². The van der Waals surface area contributed by atoms with Gasteiger partial charge in [0.15, 0.2) is 0 Å². The summed E-state index contributed by atoms with van der Waals surface area (Å²) in [6, 6.07) is 10.1. The van der Waals surface area contributed by atoms with Crippen molar-refractivity contribution in [3.05, 3.63) is 65.2 Å². The number of H-pyrrole nitrogens is 1. The molecule has 1 saturated heterocycles. The Hall–Kier alpha value is -2.84. The first-order valence-electron chi connectivity index (χ1n) is 10.1.